The Balaban J connectivity index is 1.90. The lowest BCUT2D eigenvalue weighted by atomic mass is 9.90. The Labute approximate surface area is 138 Å². The van der Waals surface area contributed by atoms with Crippen molar-refractivity contribution in [3.63, 3.8) is 0 Å². The van der Waals surface area contributed by atoms with E-state index in [2.05, 4.69) is 41.7 Å². The Kier molecular flexibility index (Phi) is 5.57. The Morgan fingerprint density at radius 2 is 2.09 bits per heavy atom. The number of nitrogens with zero attached hydrogens (tertiary/aromatic N) is 1. The average Bonchev–Trinajstić information content (AvgIpc) is 2.56. The third-order valence-electron chi connectivity index (χ3n) is 4.73. The van der Waals surface area contributed by atoms with E-state index in [1.54, 1.807) is 6.92 Å². The molecule has 0 aliphatic carbocycles. The number of carbonyl (C=O) groups excluding carboxylic acids is 1. The second kappa shape index (κ2) is 7.43. The van der Waals surface area contributed by atoms with Crippen molar-refractivity contribution >= 4 is 11.5 Å². The Hall–Kier alpha value is -2.12. The Bertz CT molecular complexity index is 615. The highest BCUT2D eigenvalue weighted by Crippen LogP contribution is 2.18. The van der Waals surface area contributed by atoms with E-state index < -0.39 is 5.54 Å². The van der Waals surface area contributed by atoms with Crippen LogP contribution in [-0.4, -0.2) is 31.1 Å². The van der Waals surface area contributed by atoms with Crippen molar-refractivity contribution in [2.24, 2.45) is 5.92 Å². The third-order valence-corrected chi connectivity index (χ3v) is 4.73. The molecule has 0 spiro atoms. The predicted molar refractivity (Wildman–Crippen MR) is 91.6 cm³/mol. The molecule has 0 radical (unpaired) electrons. The summed E-state index contributed by atoms with van der Waals surface area (Å²) >= 11 is 0. The van der Waals surface area contributed by atoms with Crippen LogP contribution in [0.4, 0.5) is 0 Å². The number of hydrogen-bond donors (Lipinski definition) is 2. The van der Waals surface area contributed by atoms with Crippen molar-refractivity contribution in [2.75, 3.05) is 19.6 Å². The minimum Gasteiger partial charge on any atom is -0.333 e. The summed E-state index contributed by atoms with van der Waals surface area (Å²) in [7, 11) is 0. The zero-order chi connectivity index (χ0) is 16.9. The summed E-state index contributed by atoms with van der Waals surface area (Å²) in [5, 5.41) is 12.2. The highest BCUT2D eigenvalue weighted by molar-refractivity contribution is 5.78. The van der Waals surface area contributed by atoms with Crippen LogP contribution in [0.3, 0.4) is 0 Å². The third kappa shape index (κ3) is 4.43. The van der Waals surface area contributed by atoms with E-state index in [-0.39, 0.29) is 11.8 Å². The molecule has 122 valence electrons. The lowest BCUT2D eigenvalue weighted by Gasteiger charge is -2.29. The number of nitrogens with one attached hydrogen (secondary N) is 2. The lowest BCUT2D eigenvalue weighted by Crippen LogP contribution is -3.13. The zero-order valence-electron chi connectivity index (χ0n) is 14.2. The van der Waals surface area contributed by atoms with Crippen molar-refractivity contribution in [3.05, 3.63) is 42.0 Å². The van der Waals surface area contributed by atoms with Gasteiger partial charge < -0.3 is 10.2 Å². The number of amides is 1. The molecular weight excluding hydrogens is 286 g/mol. The van der Waals surface area contributed by atoms with Gasteiger partial charge in [0, 0.05) is 6.42 Å². The van der Waals surface area contributed by atoms with Gasteiger partial charge in [0.05, 0.1) is 19.2 Å². The van der Waals surface area contributed by atoms with Gasteiger partial charge >= 0.3 is 0 Å². The van der Waals surface area contributed by atoms with Gasteiger partial charge in [-0.2, -0.15) is 5.26 Å². The SMILES string of the molecule is CC(C)[C@](C)(C#N)NC(=O)C[NH+]1CC=C(c2ccccc2)CC1. The minimum atomic E-state index is -0.794. The molecule has 4 nitrogen and oxygen atoms in total. The number of benzene rings is 1. The molecule has 0 bridgehead atoms. The maximum absolute atomic E-state index is 12.2. The summed E-state index contributed by atoms with van der Waals surface area (Å²) in [6.07, 6.45) is 3.21. The van der Waals surface area contributed by atoms with Gasteiger partial charge in [-0.05, 0) is 30.1 Å². The van der Waals surface area contributed by atoms with Crippen LogP contribution < -0.4 is 10.2 Å². The molecule has 1 heterocycles. The molecule has 1 unspecified atom stereocenters. The van der Waals surface area contributed by atoms with Gasteiger partial charge in [0.1, 0.15) is 5.54 Å². The van der Waals surface area contributed by atoms with Crippen molar-refractivity contribution < 1.29 is 9.69 Å². The molecule has 1 amide bonds. The van der Waals surface area contributed by atoms with Crippen molar-refractivity contribution in [1.82, 2.24) is 5.32 Å². The van der Waals surface area contributed by atoms with E-state index in [9.17, 15) is 10.1 Å². The molecule has 1 aromatic rings. The van der Waals surface area contributed by atoms with Gasteiger partial charge in [-0.1, -0.05) is 44.2 Å². The molecule has 0 aromatic heterocycles. The highest BCUT2D eigenvalue weighted by atomic mass is 16.2. The highest BCUT2D eigenvalue weighted by Gasteiger charge is 2.31. The van der Waals surface area contributed by atoms with Gasteiger partial charge in [0.15, 0.2) is 6.54 Å². The largest absolute Gasteiger partial charge is 0.333 e. The second-order valence-electron chi connectivity index (χ2n) is 6.74. The molecule has 2 atom stereocenters. The van der Waals surface area contributed by atoms with Crippen LogP contribution in [0.1, 0.15) is 32.8 Å². The molecule has 0 saturated carbocycles. The van der Waals surface area contributed by atoms with Gasteiger partial charge in [-0.25, -0.2) is 0 Å². The summed E-state index contributed by atoms with van der Waals surface area (Å²) in [4.78, 5) is 13.5. The van der Waals surface area contributed by atoms with E-state index >= 15 is 0 Å². The molecule has 2 rings (SSSR count). The number of carbonyl (C=O) groups is 1. The summed E-state index contributed by atoms with van der Waals surface area (Å²) in [6.45, 7) is 7.90. The molecule has 4 heteroatoms. The van der Waals surface area contributed by atoms with Crippen LogP contribution in [0.5, 0.6) is 0 Å². The normalized spacial score (nSPS) is 20.3. The number of hydrogen-bond acceptors (Lipinski definition) is 2. The van der Waals surface area contributed by atoms with Gasteiger partial charge in [0.2, 0.25) is 0 Å². The van der Waals surface area contributed by atoms with E-state index in [0.29, 0.717) is 6.54 Å². The molecule has 0 fully saturated rings. The number of nitriles is 1. The van der Waals surface area contributed by atoms with E-state index in [4.69, 9.17) is 0 Å². The first-order valence-corrected chi connectivity index (χ1v) is 8.25. The Morgan fingerprint density at radius 1 is 1.39 bits per heavy atom. The minimum absolute atomic E-state index is 0.0469. The van der Waals surface area contributed by atoms with E-state index in [0.717, 1.165) is 19.5 Å². The van der Waals surface area contributed by atoms with Crippen LogP contribution in [0.15, 0.2) is 36.4 Å². The molecule has 23 heavy (non-hydrogen) atoms. The quantitative estimate of drug-likeness (QED) is 0.864. The number of quaternary nitrogens is 1. The number of rotatable bonds is 5. The van der Waals surface area contributed by atoms with E-state index in [1.807, 2.05) is 19.9 Å². The van der Waals surface area contributed by atoms with Gasteiger partial charge in [0.25, 0.3) is 5.91 Å². The predicted octanol–water partition coefficient (Wildman–Crippen LogP) is 1.41. The fourth-order valence-electron chi connectivity index (χ4n) is 2.72. The van der Waals surface area contributed by atoms with Gasteiger partial charge in [-0.3, -0.25) is 4.79 Å². The summed E-state index contributed by atoms with van der Waals surface area (Å²) in [6, 6.07) is 12.6. The van der Waals surface area contributed by atoms with E-state index in [1.165, 1.54) is 16.0 Å². The summed E-state index contributed by atoms with van der Waals surface area (Å²) in [5.74, 6) is 0.0340. The van der Waals surface area contributed by atoms with Crippen molar-refractivity contribution in [2.45, 2.75) is 32.7 Å². The molecular formula is C19H26N3O+. The first-order chi connectivity index (χ1) is 10.9. The Morgan fingerprint density at radius 3 is 2.61 bits per heavy atom. The lowest BCUT2D eigenvalue weighted by molar-refractivity contribution is -0.886. The standard InChI is InChI=1S/C19H25N3O/c1-15(2)19(3,14-20)21-18(23)13-22-11-9-17(10-12-22)16-7-5-4-6-8-16/h4-9,15H,10-13H2,1-3H3,(H,21,23)/p+1/t19-/m0/s1. The first kappa shape index (κ1) is 17.2. The first-order valence-electron chi connectivity index (χ1n) is 8.25. The molecule has 2 N–H and O–H groups in total. The van der Waals surface area contributed by atoms with Crippen LogP contribution in [0.25, 0.3) is 5.57 Å². The van der Waals surface area contributed by atoms with Crippen molar-refractivity contribution in [1.29, 1.82) is 5.26 Å². The van der Waals surface area contributed by atoms with Crippen LogP contribution >= 0.6 is 0 Å². The smallest absolute Gasteiger partial charge is 0.276 e. The average molecular weight is 312 g/mol. The maximum atomic E-state index is 12.2. The van der Waals surface area contributed by atoms with Crippen LogP contribution in [0, 0.1) is 17.2 Å². The topological polar surface area (TPSA) is 57.3 Å². The fraction of sp³-hybridized carbons (Fsp3) is 0.474. The monoisotopic (exact) mass is 312 g/mol. The summed E-state index contributed by atoms with van der Waals surface area (Å²) in [5.41, 5.74) is 1.84. The fourth-order valence-corrected chi connectivity index (χ4v) is 2.72. The molecule has 1 aliphatic heterocycles. The zero-order valence-corrected chi connectivity index (χ0v) is 14.2. The maximum Gasteiger partial charge on any atom is 0.276 e. The van der Waals surface area contributed by atoms with Crippen molar-refractivity contribution in [3.8, 4) is 6.07 Å². The second-order valence-corrected chi connectivity index (χ2v) is 6.74. The molecule has 0 saturated heterocycles. The van der Waals surface area contributed by atoms with Crippen LogP contribution in [0.2, 0.25) is 0 Å². The van der Waals surface area contributed by atoms with Crippen LogP contribution in [-0.2, 0) is 4.79 Å². The molecule has 1 aromatic carbocycles. The van der Waals surface area contributed by atoms with Gasteiger partial charge in [-0.15, -0.1) is 0 Å². The molecule has 1 aliphatic rings. The summed E-state index contributed by atoms with van der Waals surface area (Å²) < 4.78 is 0.